The van der Waals surface area contributed by atoms with Crippen molar-refractivity contribution in [2.75, 3.05) is 31.6 Å². The number of hydrogen-bond donors (Lipinski definition) is 4. The Bertz CT molecular complexity index is 1680. The zero-order valence-electron chi connectivity index (χ0n) is 24.2. The van der Waals surface area contributed by atoms with E-state index in [-0.39, 0.29) is 28.6 Å². The number of anilines is 1. The van der Waals surface area contributed by atoms with Crippen molar-refractivity contribution in [2.24, 2.45) is 5.92 Å². The SMILES string of the molecule is CC1Cc2oc(C(=O)c3[nH]c4ccc(O)cc4c3CN3CCOCC3)cc2C=C1NC(=O)Nc1cc(C(C)(C)C)on1. The van der Waals surface area contributed by atoms with Gasteiger partial charge in [0.2, 0.25) is 5.78 Å². The van der Waals surface area contributed by atoms with Crippen molar-refractivity contribution in [1.29, 1.82) is 0 Å². The van der Waals surface area contributed by atoms with Crippen molar-refractivity contribution in [1.82, 2.24) is 20.4 Å². The number of aromatic hydroxyl groups is 1. The summed E-state index contributed by atoms with van der Waals surface area (Å²) in [6, 6.07) is 8.05. The van der Waals surface area contributed by atoms with Crippen LogP contribution in [-0.4, -0.2) is 58.3 Å². The number of ketones is 1. The largest absolute Gasteiger partial charge is 0.508 e. The Morgan fingerprint density at radius 3 is 2.67 bits per heavy atom. The first-order chi connectivity index (χ1) is 20.0. The van der Waals surface area contributed by atoms with Crippen LogP contribution in [0, 0.1) is 5.92 Å². The Morgan fingerprint density at radius 2 is 1.93 bits per heavy atom. The monoisotopic (exact) mass is 573 g/mol. The Labute approximate surface area is 242 Å². The van der Waals surface area contributed by atoms with E-state index >= 15 is 0 Å². The third-order valence-electron chi connectivity index (χ3n) is 7.75. The first-order valence-electron chi connectivity index (χ1n) is 14.1. The number of morpholine rings is 1. The molecular formula is C31H35N5O6. The van der Waals surface area contributed by atoms with Crippen molar-refractivity contribution >= 4 is 34.6 Å². The van der Waals surface area contributed by atoms with Crippen molar-refractivity contribution in [3.05, 3.63) is 70.1 Å². The van der Waals surface area contributed by atoms with Crippen molar-refractivity contribution < 1.29 is 28.4 Å². The summed E-state index contributed by atoms with van der Waals surface area (Å²) in [5, 5.41) is 20.5. The summed E-state index contributed by atoms with van der Waals surface area (Å²) in [5.41, 5.74) is 3.23. The molecule has 220 valence electrons. The van der Waals surface area contributed by atoms with Crippen molar-refractivity contribution in [2.45, 2.75) is 46.1 Å². The second-order valence-electron chi connectivity index (χ2n) is 12.0. The number of amides is 2. The summed E-state index contributed by atoms with van der Waals surface area (Å²) in [7, 11) is 0. The number of ether oxygens (including phenoxy) is 1. The Morgan fingerprint density at radius 1 is 1.14 bits per heavy atom. The molecule has 1 fully saturated rings. The second kappa shape index (κ2) is 10.8. The van der Waals surface area contributed by atoms with Gasteiger partial charge in [-0.3, -0.25) is 15.0 Å². The lowest BCUT2D eigenvalue weighted by Gasteiger charge is -2.26. The number of aromatic nitrogens is 2. The predicted molar refractivity (Wildman–Crippen MR) is 156 cm³/mol. The van der Waals surface area contributed by atoms with E-state index in [9.17, 15) is 14.7 Å². The van der Waals surface area contributed by atoms with Crippen LogP contribution in [-0.2, 0) is 23.1 Å². The first-order valence-corrected chi connectivity index (χ1v) is 14.1. The Balaban J connectivity index is 1.23. The number of allylic oxidation sites excluding steroid dienone is 1. The highest BCUT2D eigenvalue weighted by Gasteiger charge is 2.29. The number of aromatic amines is 1. The smallest absolute Gasteiger partial charge is 0.324 e. The van der Waals surface area contributed by atoms with Crippen LogP contribution >= 0.6 is 0 Å². The van der Waals surface area contributed by atoms with Crippen LogP contribution in [0.25, 0.3) is 17.0 Å². The summed E-state index contributed by atoms with van der Waals surface area (Å²) in [6.07, 6.45) is 2.36. The fraction of sp³-hybridized carbons (Fsp3) is 0.387. The molecule has 0 radical (unpaired) electrons. The molecule has 1 saturated heterocycles. The molecule has 11 nitrogen and oxygen atoms in total. The number of benzene rings is 1. The van der Waals surface area contributed by atoms with E-state index in [4.69, 9.17) is 13.7 Å². The van der Waals surface area contributed by atoms with Crippen LogP contribution in [0.3, 0.4) is 0 Å². The molecule has 1 unspecified atom stereocenters. The fourth-order valence-electron chi connectivity index (χ4n) is 5.36. The average molecular weight is 574 g/mol. The standard InChI is InChI=1S/C31H35N5O6/c1-17-11-24-18(12-23(17)33-30(39)34-27-15-26(42-35-27)31(2,3)4)13-25(41-24)29(38)28-21(16-36-7-9-40-10-8-36)20-14-19(37)5-6-22(20)32-28/h5-6,12-15,17,32,37H,7-11,16H2,1-4H3,(H2,33,34,35,39). The zero-order valence-corrected chi connectivity index (χ0v) is 24.2. The first kappa shape index (κ1) is 27.8. The molecule has 0 bridgehead atoms. The van der Waals surface area contributed by atoms with E-state index in [0.717, 1.165) is 35.1 Å². The molecule has 42 heavy (non-hydrogen) atoms. The van der Waals surface area contributed by atoms with E-state index in [1.807, 2.05) is 33.8 Å². The molecule has 4 aromatic rings. The van der Waals surface area contributed by atoms with Crippen LogP contribution in [0.5, 0.6) is 5.75 Å². The van der Waals surface area contributed by atoms with Crippen LogP contribution in [0.15, 0.2) is 45.0 Å². The highest BCUT2D eigenvalue weighted by atomic mass is 16.5. The van der Waals surface area contributed by atoms with E-state index in [1.165, 1.54) is 0 Å². The van der Waals surface area contributed by atoms with Gasteiger partial charge in [0.05, 0.1) is 18.9 Å². The molecule has 3 aromatic heterocycles. The molecule has 0 saturated carbocycles. The van der Waals surface area contributed by atoms with Gasteiger partial charge in [-0.1, -0.05) is 32.9 Å². The molecular weight excluding hydrogens is 538 g/mol. The topological polar surface area (TPSA) is 146 Å². The zero-order chi connectivity index (χ0) is 29.6. The highest BCUT2D eigenvalue weighted by molar-refractivity contribution is 6.10. The maximum atomic E-state index is 13.9. The number of nitrogens with one attached hydrogen (secondary N) is 3. The molecule has 2 amide bonds. The molecule has 4 heterocycles. The summed E-state index contributed by atoms with van der Waals surface area (Å²) < 4.78 is 16.9. The molecule has 11 heteroatoms. The lowest BCUT2D eigenvalue weighted by atomic mass is 9.93. The van der Waals surface area contributed by atoms with Gasteiger partial charge in [-0.15, -0.1) is 0 Å². The number of phenolic OH excluding ortho intramolecular Hbond substituents is 1. The van der Waals surface area contributed by atoms with Gasteiger partial charge < -0.3 is 29.1 Å². The summed E-state index contributed by atoms with van der Waals surface area (Å²) >= 11 is 0. The van der Waals surface area contributed by atoms with Gasteiger partial charge in [0.15, 0.2) is 11.6 Å². The minimum absolute atomic E-state index is 0.0484. The fourth-order valence-corrected chi connectivity index (χ4v) is 5.36. The Hall–Kier alpha value is -4.35. The number of rotatable bonds is 6. The lowest BCUT2D eigenvalue weighted by molar-refractivity contribution is 0.0342. The highest BCUT2D eigenvalue weighted by Crippen LogP contribution is 2.33. The number of carbonyl (C=O) groups is 2. The van der Waals surface area contributed by atoms with Gasteiger partial charge in [0.1, 0.15) is 17.3 Å². The van der Waals surface area contributed by atoms with E-state index in [0.29, 0.717) is 54.9 Å². The second-order valence-corrected chi connectivity index (χ2v) is 12.0. The Kier molecular flexibility index (Phi) is 7.15. The van der Waals surface area contributed by atoms with Crippen molar-refractivity contribution in [3.8, 4) is 5.75 Å². The van der Waals surface area contributed by atoms with Crippen LogP contribution in [0.4, 0.5) is 10.6 Å². The summed E-state index contributed by atoms with van der Waals surface area (Å²) in [5.74, 6) is 1.72. The third kappa shape index (κ3) is 5.57. The molecule has 1 atom stereocenters. The van der Waals surface area contributed by atoms with Gasteiger partial charge in [-0.05, 0) is 30.3 Å². The number of phenols is 1. The predicted octanol–water partition coefficient (Wildman–Crippen LogP) is 5.17. The van der Waals surface area contributed by atoms with Gasteiger partial charge in [-0.2, -0.15) is 0 Å². The van der Waals surface area contributed by atoms with E-state index < -0.39 is 6.03 Å². The number of fused-ring (bicyclic) bond motifs is 2. The lowest BCUT2D eigenvalue weighted by Crippen LogP contribution is -2.36. The number of nitrogens with zero attached hydrogens (tertiary/aromatic N) is 2. The van der Waals surface area contributed by atoms with E-state index in [1.54, 1.807) is 30.3 Å². The van der Waals surface area contributed by atoms with Gasteiger partial charge >= 0.3 is 6.03 Å². The maximum Gasteiger partial charge on any atom is 0.324 e. The van der Waals surface area contributed by atoms with Gasteiger partial charge in [-0.25, -0.2) is 4.79 Å². The van der Waals surface area contributed by atoms with Gasteiger partial charge in [0, 0.05) is 71.2 Å². The normalized spacial score (nSPS) is 17.6. The van der Waals surface area contributed by atoms with E-state index in [2.05, 4.69) is 25.7 Å². The third-order valence-corrected chi connectivity index (χ3v) is 7.75. The number of furan rings is 1. The number of urea groups is 1. The molecule has 6 rings (SSSR count). The molecule has 4 N–H and O–H groups in total. The molecule has 1 aliphatic carbocycles. The summed E-state index contributed by atoms with van der Waals surface area (Å²) in [4.78, 5) is 32.1. The minimum Gasteiger partial charge on any atom is -0.508 e. The van der Waals surface area contributed by atoms with Gasteiger partial charge in [0.25, 0.3) is 0 Å². The summed E-state index contributed by atoms with van der Waals surface area (Å²) in [6.45, 7) is 11.3. The van der Waals surface area contributed by atoms with Crippen molar-refractivity contribution in [3.63, 3.8) is 0 Å². The average Bonchev–Trinajstić information content (AvgIpc) is 3.67. The quantitative estimate of drug-likeness (QED) is 0.231. The number of carbonyl (C=O) groups excluding carboxylic acids is 2. The van der Waals surface area contributed by atoms with Crippen LogP contribution in [0.1, 0.15) is 66.6 Å². The molecule has 1 aliphatic heterocycles. The minimum atomic E-state index is -0.431. The molecule has 2 aliphatic rings. The maximum absolute atomic E-state index is 13.9. The molecule has 1 aromatic carbocycles. The van der Waals surface area contributed by atoms with Crippen LogP contribution < -0.4 is 10.6 Å². The number of hydrogen-bond acceptors (Lipinski definition) is 8. The molecule has 0 spiro atoms. The van der Waals surface area contributed by atoms with Crippen LogP contribution in [0.2, 0.25) is 0 Å². The number of H-pyrrole nitrogens is 1.